The van der Waals surface area contributed by atoms with E-state index < -0.39 is 0 Å². The van der Waals surface area contributed by atoms with Crippen molar-refractivity contribution in [3.05, 3.63) is 145 Å². The third kappa shape index (κ3) is 4.24. The van der Waals surface area contributed by atoms with Crippen LogP contribution in [0.25, 0.3) is 43.8 Å². The molecular formula is C43H33N5. The van der Waals surface area contributed by atoms with E-state index in [0.29, 0.717) is 0 Å². The average molecular weight is 620 g/mol. The Labute approximate surface area is 279 Å². The van der Waals surface area contributed by atoms with E-state index in [1.165, 1.54) is 55.2 Å². The zero-order valence-electron chi connectivity index (χ0n) is 26.3. The summed E-state index contributed by atoms with van der Waals surface area (Å²) in [7, 11) is 0. The second kappa shape index (κ2) is 10.8. The van der Waals surface area contributed by atoms with Gasteiger partial charge in [-0.05, 0) is 87.9 Å². The first-order valence-corrected chi connectivity index (χ1v) is 16.8. The molecule has 48 heavy (non-hydrogen) atoms. The van der Waals surface area contributed by atoms with E-state index in [-0.39, 0.29) is 18.2 Å². The van der Waals surface area contributed by atoms with Crippen molar-refractivity contribution in [1.29, 1.82) is 0 Å². The van der Waals surface area contributed by atoms with Crippen LogP contribution in [0.4, 0.5) is 22.7 Å². The number of hydrogen-bond acceptors (Lipinski definition) is 5. The minimum absolute atomic E-state index is 0.00655. The third-order valence-electron chi connectivity index (χ3n) is 10.2. The largest absolute Gasteiger partial charge is 0.371 e. The predicted octanol–water partition coefficient (Wildman–Crippen LogP) is 10.1. The Morgan fingerprint density at radius 2 is 1.58 bits per heavy atom. The van der Waals surface area contributed by atoms with Gasteiger partial charge in [0.05, 0.1) is 34.5 Å². The van der Waals surface area contributed by atoms with E-state index >= 15 is 0 Å². The Morgan fingerprint density at radius 1 is 0.708 bits per heavy atom. The summed E-state index contributed by atoms with van der Waals surface area (Å²) in [5.74, 6) is 0. The van der Waals surface area contributed by atoms with Crippen molar-refractivity contribution in [2.75, 3.05) is 15.5 Å². The van der Waals surface area contributed by atoms with E-state index in [0.717, 1.165) is 35.5 Å². The van der Waals surface area contributed by atoms with Crippen LogP contribution < -0.4 is 15.5 Å². The van der Waals surface area contributed by atoms with Crippen LogP contribution in [-0.4, -0.2) is 30.2 Å². The minimum atomic E-state index is -0.0649. The molecule has 5 nitrogen and oxygen atoms in total. The summed E-state index contributed by atoms with van der Waals surface area (Å²) in [6, 6.07) is 31.0. The molecular weight excluding hydrogens is 587 g/mol. The first kappa shape index (κ1) is 27.2. The van der Waals surface area contributed by atoms with Crippen LogP contribution in [0.1, 0.15) is 12.8 Å². The van der Waals surface area contributed by atoms with Crippen LogP contribution in [-0.2, 0) is 0 Å². The second-order valence-electron chi connectivity index (χ2n) is 13.0. The lowest BCUT2D eigenvalue weighted by molar-refractivity contribution is 0.862. The highest BCUT2D eigenvalue weighted by atomic mass is 15.3. The van der Waals surface area contributed by atoms with E-state index in [1.54, 1.807) is 0 Å². The van der Waals surface area contributed by atoms with E-state index in [9.17, 15) is 0 Å². The molecule has 0 radical (unpaired) electrons. The van der Waals surface area contributed by atoms with Crippen molar-refractivity contribution < 1.29 is 0 Å². The minimum Gasteiger partial charge on any atom is -0.371 e. The fraction of sp³-hybridized carbons (Fsp3) is 0.116. The molecule has 0 amide bonds. The van der Waals surface area contributed by atoms with Crippen molar-refractivity contribution >= 4 is 56.2 Å². The van der Waals surface area contributed by atoms with Crippen LogP contribution in [0.2, 0.25) is 0 Å². The lowest BCUT2D eigenvalue weighted by atomic mass is 9.87. The number of nitrogens with zero attached hydrogens (tertiary/aromatic N) is 3. The molecule has 230 valence electrons. The molecule has 3 atom stereocenters. The third-order valence-corrected chi connectivity index (χ3v) is 10.2. The van der Waals surface area contributed by atoms with Gasteiger partial charge >= 0.3 is 0 Å². The molecule has 1 aliphatic carbocycles. The van der Waals surface area contributed by atoms with Gasteiger partial charge in [0.15, 0.2) is 0 Å². The van der Waals surface area contributed by atoms with Gasteiger partial charge in [-0.1, -0.05) is 97.1 Å². The van der Waals surface area contributed by atoms with Gasteiger partial charge in [0.25, 0.3) is 0 Å². The molecule has 3 unspecified atom stereocenters. The van der Waals surface area contributed by atoms with Crippen LogP contribution in [0.5, 0.6) is 0 Å². The van der Waals surface area contributed by atoms with Gasteiger partial charge in [0, 0.05) is 23.2 Å². The van der Waals surface area contributed by atoms with Gasteiger partial charge in [0.2, 0.25) is 0 Å². The highest BCUT2D eigenvalue weighted by Gasteiger charge is 2.33. The van der Waals surface area contributed by atoms with Gasteiger partial charge < -0.3 is 15.5 Å². The molecule has 0 bridgehead atoms. The van der Waals surface area contributed by atoms with Crippen molar-refractivity contribution in [2.24, 2.45) is 9.98 Å². The van der Waals surface area contributed by atoms with Crippen LogP contribution in [0.15, 0.2) is 155 Å². The zero-order chi connectivity index (χ0) is 31.6. The summed E-state index contributed by atoms with van der Waals surface area (Å²) >= 11 is 0. The zero-order valence-corrected chi connectivity index (χ0v) is 26.3. The standard InChI is InChI=1S/C43H33N5/c1-3-12-27(13-4-1)33-25-37-38(46-42(36-18-11-22-44-36)40(45-37)28-14-5-2-6-15-28)26-34(33)29-20-21-32-35(24-29)30-16-7-8-17-31(30)41-43(32)48-23-10-9-19-39(48)47-41/h1-5,7-14,16-26,36,39-40,45,47H,6,15H2. The summed E-state index contributed by atoms with van der Waals surface area (Å²) in [5, 5.41) is 12.7. The summed E-state index contributed by atoms with van der Waals surface area (Å²) in [4.78, 5) is 12.5. The monoisotopic (exact) mass is 619 g/mol. The van der Waals surface area contributed by atoms with E-state index in [4.69, 9.17) is 9.98 Å². The maximum Gasteiger partial charge on any atom is 0.123 e. The summed E-state index contributed by atoms with van der Waals surface area (Å²) < 4.78 is 0. The molecule has 0 spiro atoms. The second-order valence-corrected chi connectivity index (χ2v) is 13.0. The number of fused-ring (bicyclic) bond motifs is 9. The number of hydrogen-bond donors (Lipinski definition) is 2. The molecule has 4 heterocycles. The normalized spacial score (nSPS) is 21.5. The summed E-state index contributed by atoms with van der Waals surface area (Å²) in [5.41, 5.74) is 11.5. The Morgan fingerprint density at radius 3 is 2.44 bits per heavy atom. The molecule has 0 saturated heterocycles. The molecule has 0 fully saturated rings. The molecule has 10 rings (SSSR count). The van der Waals surface area contributed by atoms with Gasteiger partial charge in [-0.25, -0.2) is 0 Å². The Bertz CT molecular complexity index is 2360. The fourth-order valence-electron chi connectivity index (χ4n) is 7.96. The number of benzene rings is 5. The van der Waals surface area contributed by atoms with Crippen molar-refractivity contribution in [3.8, 4) is 22.3 Å². The maximum atomic E-state index is 5.40. The molecule has 0 aromatic heterocycles. The number of rotatable bonds is 4. The summed E-state index contributed by atoms with van der Waals surface area (Å²) in [6.45, 7) is 0. The first-order valence-electron chi connectivity index (χ1n) is 16.8. The van der Waals surface area contributed by atoms with Gasteiger partial charge in [0.1, 0.15) is 12.2 Å². The molecule has 0 saturated carbocycles. The quantitative estimate of drug-likeness (QED) is 0.197. The molecule has 5 aromatic carbocycles. The lowest BCUT2D eigenvalue weighted by Crippen LogP contribution is -2.39. The molecule has 5 aliphatic rings. The number of nitrogens with one attached hydrogen (secondary N) is 2. The van der Waals surface area contributed by atoms with E-state index in [1.807, 2.05) is 12.3 Å². The van der Waals surface area contributed by atoms with Crippen molar-refractivity contribution in [3.63, 3.8) is 0 Å². The Hall–Kier alpha value is -5.94. The molecule has 5 aromatic rings. The SMILES string of the molecule is C1=CCCC(C2Nc3cc(-c4ccccc4)c(-c4ccc5c6c(c7ccccc7c5c4)NC4C=CC=CN64)cc3N=C2C2C=CC=N2)=C1. The van der Waals surface area contributed by atoms with Crippen LogP contribution >= 0.6 is 0 Å². The molecule has 5 heteroatoms. The Balaban J connectivity index is 1.19. The highest BCUT2D eigenvalue weighted by molar-refractivity contribution is 6.22. The van der Waals surface area contributed by atoms with Crippen LogP contribution in [0.3, 0.4) is 0 Å². The maximum absolute atomic E-state index is 5.40. The number of allylic oxidation sites excluding steroid dienone is 6. The summed E-state index contributed by atoms with van der Waals surface area (Å²) in [6.07, 6.45) is 23.5. The molecule has 2 N–H and O–H groups in total. The van der Waals surface area contributed by atoms with Gasteiger partial charge in [-0.3, -0.25) is 9.98 Å². The topological polar surface area (TPSA) is 52.0 Å². The molecule has 4 aliphatic heterocycles. The smallest absolute Gasteiger partial charge is 0.123 e. The van der Waals surface area contributed by atoms with Crippen LogP contribution in [0, 0.1) is 0 Å². The number of aliphatic imine (C=N–C) groups is 2. The predicted molar refractivity (Wildman–Crippen MR) is 203 cm³/mol. The first-order chi connectivity index (χ1) is 23.8. The van der Waals surface area contributed by atoms with Gasteiger partial charge in [-0.15, -0.1) is 0 Å². The lowest BCUT2D eigenvalue weighted by Gasteiger charge is -2.32. The fourth-order valence-corrected chi connectivity index (χ4v) is 7.96. The Kier molecular flexibility index (Phi) is 6.13. The highest BCUT2D eigenvalue weighted by Crippen LogP contribution is 2.50. The van der Waals surface area contributed by atoms with Gasteiger partial charge in [-0.2, -0.15) is 0 Å². The number of anilines is 3. The van der Waals surface area contributed by atoms with Crippen molar-refractivity contribution in [2.45, 2.75) is 31.1 Å². The van der Waals surface area contributed by atoms with E-state index in [2.05, 4.69) is 149 Å². The average Bonchev–Trinajstić information content (AvgIpc) is 3.84. The van der Waals surface area contributed by atoms with Crippen molar-refractivity contribution in [1.82, 2.24) is 0 Å².